The molecule has 0 aliphatic heterocycles. The van der Waals surface area contributed by atoms with Crippen molar-refractivity contribution in [2.45, 2.75) is 37.1 Å². The summed E-state index contributed by atoms with van der Waals surface area (Å²) in [6.45, 7) is 4.24. The van der Waals surface area contributed by atoms with E-state index in [0.29, 0.717) is 6.54 Å². The number of benzene rings is 1. The van der Waals surface area contributed by atoms with Gasteiger partial charge in [0, 0.05) is 17.6 Å². The Bertz CT molecular complexity index is 655. The van der Waals surface area contributed by atoms with Crippen molar-refractivity contribution in [2.24, 2.45) is 5.73 Å². The fourth-order valence-electron chi connectivity index (χ4n) is 2.00. The quantitative estimate of drug-likeness (QED) is 0.648. The summed E-state index contributed by atoms with van der Waals surface area (Å²) in [6, 6.07) is 4.25. The Morgan fingerprint density at radius 1 is 1.30 bits per heavy atom. The summed E-state index contributed by atoms with van der Waals surface area (Å²) in [7, 11) is -1.06. The molecule has 0 saturated heterocycles. The number of rotatable bonds is 8. The van der Waals surface area contributed by atoms with E-state index in [1.54, 1.807) is 0 Å². The van der Waals surface area contributed by atoms with Crippen molar-refractivity contribution in [1.82, 2.24) is 10.0 Å². The number of hydrogen-bond acceptors (Lipinski definition) is 5. The van der Waals surface area contributed by atoms with Crippen molar-refractivity contribution in [3.8, 4) is 5.75 Å². The summed E-state index contributed by atoms with van der Waals surface area (Å²) >= 11 is 0. The zero-order valence-electron chi connectivity index (χ0n) is 14.0. The van der Waals surface area contributed by atoms with E-state index in [0.717, 1.165) is 12.8 Å². The highest BCUT2D eigenvalue weighted by atomic mass is 32.2. The van der Waals surface area contributed by atoms with Gasteiger partial charge in [-0.15, -0.1) is 0 Å². The van der Waals surface area contributed by atoms with Crippen LogP contribution in [0.15, 0.2) is 23.1 Å². The van der Waals surface area contributed by atoms with Crippen LogP contribution >= 0.6 is 0 Å². The molecule has 8 heteroatoms. The van der Waals surface area contributed by atoms with Gasteiger partial charge >= 0.3 is 0 Å². The third-order valence-corrected chi connectivity index (χ3v) is 5.43. The number of carbonyl (C=O) groups excluding carboxylic acids is 1. The van der Waals surface area contributed by atoms with Gasteiger partial charge in [-0.2, -0.15) is 0 Å². The monoisotopic (exact) mass is 343 g/mol. The highest BCUT2D eigenvalue weighted by Crippen LogP contribution is 2.24. The minimum absolute atomic E-state index is 0.0832. The third-order valence-electron chi connectivity index (χ3n) is 3.99. The van der Waals surface area contributed by atoms with Crippen LogP contribution in [0, 0.1) is 0 Å². The van der Waals surface area contributed by atoms with E-state index in [-0.39, 0.29) is 22.1 Å². The van der Waals surface area contributed by atoms with Crippen molar-refractivity contribution in [2.75, 3.05) is 20.7 Å². The van der Waals surface area contributed by atoms with Gasteiger partial charge in [-0.25, -0.2) is 13.1 Å². The summed E-state index contributed by atoms with van der Waals surface area (Å²) < 4.78 is 31.3. The Balaban J connectivity index is 3.06. The molecule has 1 rings (SSSR count). The second-order valence-electron chi connectivity index (χ2n) is 5.33. The van der Waals surface area contributed by atoms with Crippen molar-refractivity contribution in [3.05, 3.63) is 23.8 Å². The molecule has 1 aromatic rings. The van der Waals surface area contributed by atoms with E-state index in [1.165, 1.54) is 32.4 Å². The zero-order valence-corrected chi connectivity index (χ0v) is 14.8. The smallest absolute Gasteiger partial charge is 0.251 e. The lowest BCUT2D eigenvalue weighted by molar-refractivity contribution is 0.0942. The Hall–Kier alpha value is -1.64. The van der Waals surface area contributed by atoms with Gasteiger partial charge in [0.15, 0.2) is 0 Å². The van der Waals surface area contributed by atoms with Crippen molar-refractivity contribution in [3.63, 3.8) is 0 Å². The van der Waals surface area contributed by atoms with E-state index in [1.807, 2.05) is 13.8 Å². The Labute approximate surface area is 137 Å². The van der Waals surface area contributed by atoms with Gasteiger partial charge in [0.05, 0.1) is 7.11 Å². The Kier molecular flexibility index (Phi) is 6.55. The topological polar surface area (TPSA) is 111 Å². The minimum atomic E-state index is -3.73. The second-order valence-corrected chi connectivity index (χ2v) is 7.18. The standard InChI is InChI=1S/C15H25N3O4S/c1-5-15(16,6-2)10-18-14(19)11-7-8-12(22-4)13(9-11)23(20,21)17-3/h7-9,17H,5-6,10,16H2,1-4H3,(H,18,19). The van der Waals surface area contributed by atoms with Crippen LogP contribution in [-0.4, -0.2) is 40.6 Å². The van der Waals surface area contributed by atoms with Crippen LogP contribution in [0.4, 0.5) is 0 Å². The van der Waals surface area contributed by atoms with Gasteiger partial charge in [0.2, 0.25) is 10.0 Å². The first-order valence-electron chi connectivity index (χ1n) is 7.41. The van der Waals surface area contributed by atoms with E-state index < -0.39 is 15.6 Å². The molecular formula is C15H25N3O4S. The van der Waals surface area contributed by atoms with Crippen LogP contribution in [0.2, 0.25) is 0 Å². The summed E-state index contributed by atoms with van der Waals surface area (Å²) in [5, 5.41) is 2.76. The first kappa shape index (κ1) is 19.4. The SMILES string of the molecule is CCC(N)(CC)CNC(=O)c1ccc(OC)c(S(=O)(=O)NC)c1. The summed E-state index contributed by atoms with van der Waals surface area (Å²) in [5.41, 5.74) is 5.91. The fraction of sp³-hybridized carbons (Fsp3) is 0.533. The number of sulfonamides is 1. The minimum Gasteiger partial charge on any atom is -0.495 e. The first-order valence-corrected chi connectivity index (χ1v) is 8.90. The van der Waals surface area contributed by atoms with Crippen LogP contribution in [-0.2, 0) is 10.0 Å². The molecule has 0 spiro atoms. The number of ether oxygens (including phenoxy) is 1. The molecule has 7 nitrogen and oxygen atoms in total. The fourth-order valence-corrected chi connectivity index (χ4v) is 2.91. The van der Waals surface area contributed by atoms with Crippen molar-refractivity contribution >= 4 is 15.9 Å². The number of carbonyl (C=O) groups is 1. The molecule has 0 heterocycles. The lowest BCUT2D eigenvalue weighted by atomic mass is 9.94. The van der Waals surface area contributed by atoms with E-state index in [2.05, 4.69) is 10.0 Å². The molecule has 23 heavy (non-hydrogen) atoms. The van der Waals surface area contributed by atoms with Crippen molar-refractivity contribution < 1.29 is 17.9 Å². The molecule has 4 N–H and O–H groups in total. The molecule has 1 amide bonds. The maximum atomic E-state index is 12.3. The number of nitrogens with one attached hydrogen (secondary N) is 2. The molecule has 0 aliphatic rings. The van der Waals surface area contributed by atoms with E-state index in [4.69, 9.17) is 10.5 Å². The molecule has 130 valence electrons. The predicted molar refractivity (Wildman–Crippen MR) is 89.1 cm³/mol. The Morgan fingerprint density at radius 2 is 1.91 bits per heavy atom. The molecule has 0 bridgehead atoms. The molecule has 0 atom stereocenters. The normalized spacial score (nSPS) is 12.0. The number of nitrogens with two attached hydrogens (primary N) is 1. The number of methoxy groups -OCH3 is 1. The maximum Gasteiger partial charge on any atom is 0.251 e. The highest BCUT2D eigenvalue weighted by Gasteiger charge is 2.23. The van der Waals surface area contributed by atoms with Gasteiger partial charge < -0.3 is 15.8 Å². The molecule has 0 fully saturated rings. The molecule has 0 saturated carbocycles. The van der Waals surface area contributed by atoms with Gasteiger partial charge in [0.1, 0.15) is 10.6 Å². The van der Waals surface area contributed by atoms with Gasteiger partial charge in [-0.05, 0) is 38.1 Å². The largest absolute Gasteiger partial charge is 0.495 e. The van der Waals surface area contributed by atoms with Crippen LogP contribution < -0.4 is 20.5 Å². The average molecular weight is 343 g/mol. The summed E-state index contributed by atoms with van der Waals surface area (Å²) in [4.78, 5) is 12.2. The van der Waals surface area contributed by atoms with Crippen LogP contribution in [0.25, 0.3) is 0 Å². The third kappa shape index (κ3) is 4.66. The predicted octanol–water partition coefficient (Wildman–Crippen LogP) is 0.851. The van der Waals surface area contributed by atoms with Gasteiger partial charge in [-0.3, -0.25) is 4.79 Å². The van der Waals surface area contributed by atoms with E-state index in [9.17, 15) is 13.2 Å². The average Bonchev–Trinajstić information content (AvgIpc) is 2.58. The lowest BCUT2D eigenvalue weighted by Crippen LogP contribution is -2.49. The van der Waals surface area contributed by atoms with Crippen LogP contribution in [0.5, 0.6) is 5.75 Å². The summed E-state index contributed by atoms with van der Waals surface area (Å²) in [6.07, 6.45) is 1.46. The van der Waals surface area contributed by atoms with Gasteiger partial charge in [0.25, 0.3) is 5.91 Å². The number of hydrogen-bond donors (Lipinski definition) is 3. The molecule has 0 radical (unpaired) electrons. The Morgan fingerprint density at radius 3 is 2.39 bits per heavy atom. The molecule has 0 unspecified atom stereocenters. The van der Waals surface area contributed by atoms with E-state index >= 15 is 0 Å². The number of amides is 1. The van der Waals surface area contributed by atoms with Crippen LogP contribution in [0.3, 0.4) is 0 Å². The first-order chi connectivity index (χ1) is 10.7. The molecular weight excluding hydrogens is 318 g/mol. The lowest BCUT2D eigenvalue weighted by Gasteiger charge is -2.26. The molecule has 1 aromatic carbocycles. The van der Waals surface area contributed by atoms with Crippen LogP contribution in [0.1, 0.15) is 37.0 Å². The molecule has 0 aliphatic carbocycles. The second kappa shape index (κ2) is 7.76. The summed E-state index contributed by atoms with van der Waals surface area (Å²) in [5.74, 6) is -0.205. The zero-order chi connectivity index (χ0) is 17.7. The highest BCUT2D eigenvalue weighted by molar-refractivity contribution is 7.89. The molecule has 0 aromatic heterocycles. The van der Waals surface area contributed by atoms with Gasteiger partial charge in [-0.1, -0.05) is 13.8 Å². The van der Waals surface area contributed by atoms with Crippen molar-refractivity contribution in [1.29, 1.82) is 0 Å². The maximum absolute atomic E-state index is 12.3.